The number of allylic oxidation sites excluding steroid dienone is 4. The highest BCUT2D eigenvalue weighted by molar-refractivity contribution is 5.97. The zero-order valence-electron chi connectivity index (χ0n) is 19.6. The number of nitrogens with one attached hydrogen (secondary N) is 1. The normalized spacial score (nSPS) is 21.8. The third kappa shape index (κ3) is 5.25. The first-order valence-corrected chi connectivity index (χ1v) is 11.7. The van der Waals surface area contributed by atoms with E-state index in [1.807, 2.05) is 36.8 Å². The van der Waals surface area contributed by atoms with Gasteiger partial charge in [-0.15, -0.1) is 0 Å². The summed E-state index contributed by atoms with van der Waals surface area (Å²) < 4.78 is 1.89. The number of likely N-dealkylation sites (N-methyl/N-ethyl adjacent to an activating group) is 1. The number of hydrogen-bond acceptors (Lipinski definition) is 5. The van der Waals surface area contributed by atoms with Crippen LogP contribution < -0.4 is 10.7 Å². The van der Waals surface area contributed by atoms with Gasteiger partial charge in [0.2, 0.25) is 5.43 Å². The van der Waals surface area contributed by atoms with Crippen LogP contribution in [0.2, 0.25) is 0 Å². The first kappa shape index (κ1) is 23.0. The van der Waals surface area contributed by atoms with Gasteiger partial charge in [0.25, 0.3) is 5.91 Å². The molecule has 3 heterocycles. The molecule has 1 unspecified atom stereocenters. The summed E-state index contributed by atoms with van der Waals surface area (Å²) in [6.07, 6.45) is 14.4. The highest BCUT2D eigenvalue weighted by Crippen LogP contribution is 2.21. The fourth-order valence-corrected chi connectivity index (χ4v) is 4.44. The highest BCUT2D eigenvalue weighted by Gasteiger charge is 2.24. The Bertz CT molecular complexity index is 1160. The molecule has 2 aromatic rings. The van der Waals surface area contributed by atoms with Gasteiger partial charge in [0.1, 0.15) is 11.2 Å². The van der Waals surface area contributed by atoms with E-state index in [0.29, 0.717) is 30.7 Å². The molecule has 2 aliphatic rings. The summed E-state index contributed by atoms with van der Waals surface area (Å²) in [4.78, 5) is 35.2. The number of pyridine rings is 2. The second kappa shape index (κ2) is 10.2. The van der Waals surface area contributed by atoms with Crippen LogP contribution in [0.15, 0.2) is 59.7 Å². The molecule has 1 saturated heterocycles. The van der Waals surface area contributed by atoms with Crippen LogP contribution in [0.25, 0.3) is 11.0 Å². The third-order valence-corrected chi connectivity index (χ3v) is 6.41. The molecule has 2 aromatic heterocycles. The van der Waals surface area contributed by atoms with Crippen LogP contribution in [0.1, 0.15) is 36.5 Å². The molecular weight excluding hydrogens is 414 g/mol. The lowest BCUT2D eigenvalue weighted by molar-refractivity contribution is 0.0662. The van der Waals surface area contributed by atoms with Crippen LogP contribution in [0.3, 0.4) is 0 Å². The van der Waals surface area contributed by atoms with Crippen molar-refractivity contribution in [2.75, 3.05) is 38.5 Å². The molecule has 0 radical (unpaired) electrons. The molecule has 7 heteroatoms. The number of piperazine rings is 1. The van der Waals surface area contributed by atoms with Gasteiger partial charge >= 0.3 is 0 Å². The molecule has 1 aliphatic heterocycles. The van der Waals surface area contributed by atoms with Gasteiger partial charge in [0.15, 0.2) is 0 Å². The van der Waals surface area contributed by atoms with Crippen molar-refractivity contribution in [3.63, 3.8) is 0 Å². The summed E-state index contributed by atoms with van der Waals surface area (Å²) in [6.45, 7) is 9.65. The standard InChI is InChI=1S/C26H33N5O2/c1-4-30-18-23(26(33)31-13-11-29(3)12-14-31)24(32)22-16-21(17-27-25(22)30)28-20-10-8-6-5-7-9-19(2)15-20/h5-7,9,16-18,20,28H,2,4,8,10-15H2,1,3H3/b6-5-,9-7-. The first-order chi connectivity index (χ1) is 16.0. The van der Waals surface area contributed by atoms with Gasteiger partial charge in [-0.05, 0) is 39.3 Å². The van der Waals surface area contributed by atoms with E-state index in [9.17, 15) is 9.59 Å². The number of amides is 1. The lowest BCUT2D eigenvalue weighted by Gasteiger charge is -2.32. The largest absolute Gasteiger partial charge is 0.381 e. The lowest BCUT2D eigenvalue weighted by Crippen LogP contribution is -2.48. The number of aryl methyl sites for hydroxylation is 1. The number of nitrogens with zero attached hydrogens (tertiary/aromatic N) is 4. The summed E-state index contributed by atoms with van der Waals surface area (Å²) >= 11 is 0. The van der Waals surface area contributed by atoms with Crippen molar-refractivity contribution in [3.05, 3.63) is 70.7 Å². The smallest absolute Gasteiger partial charge is 0.259 e. The predicted octanol–water partition coefficient (Wildman–Crippen LogP) is 3.44. The topological polar surface area (TPSA) is 70.5 Å². The Balaban J connectivity index is 1.66. The molecule has 1 aliphatic carbocycles. The van der Waals surface area contributed by atoms with Gasteiger partial charge in [-0.3, -0.25) is 9.59 Å². The van der Waals surface area contributed by atoms with Crippen LogP contribution in [0.5, 0.6) is 0 Å². The molecule has 0 saturated carbocycles. The van der Waals surface area contributed by atoms with Gasteiger partial charge in [-0.25, -0.2) is 4.98 Å². The molecule has 1 N–H and O–H groups in total. The second-order valence-corrected chi connectivity index (χ2v) is 8.92. The summed E-state index contributed by atoms with van der Waals surface area (Å²) in [7, 11) is 2.04. The number of anilines is 1. The first-order valence-electron chi connectivity index (χ1n) is 11.7. The Morgan fingerprint density at radius 1 is 1.24 bits per heavy atom. The monoisotopic (exact) mass is 447 g/mol. The van der Waals surface area contributed by atoms with Crippen LogP contribution >= 0.6 is 0 Å². The van der Waals surface area contributed by atoms with E-state index in [2.05, 4.69) is 33.9 Å². The number of aromatic nitrogens is 2. The number of hydrogen-bond donors (Lipinski definition) is 1. The van der Waals surface area contributed by atoms with Crippen molar-refractivity contribution in [2.24, 2.45) is 0 Å². The van der Waals surface area contributed by atoms with Crippen LogP contribution in [-0.2, 0) is 6.54 Å². The van der Waals surface area contributed by atoms with Gasteiger partial charge < -0.3 is 19.7 Å². The average molecular weight is 448 g/mol. The number of fused-ring (bicyclic) bond motifs is 1. The minimum atomic E-state index is -0.250. The van der Waals surface area contributed by atoms with Crippen molar-refractivity contribution in [1.29, 1.82) is 0 Å². The van der Waals surface area contributed by atoms with Gasteiger partial charge in [0.05, 0.1) is 17.3 Å². The van der Waals surface area contributed by atoms with E-state index in [1.54, 1.807) is 17.3 Å². The highest BCUT2D eigenvalue weighted by atomic mass is 16.2. The molecule has 0 spiro atoms. The summed E-state index contributed by atoms with van der Waals surface area (Å²) in [5.74, 6) is -0.193. The molecule has 7 nitrogen and oxygen atoms in total. The van der Waals surface area contributed by atoms with Gasteiger partial charge in [-0.1, -0.05) is 36.5 Å². The molecule has 33 heavy (non-hydrogen) atoms. The van der Waals surface area contributed by atoms with Gasteiger partial charge in [0, 0.05) is 45.0 Å². The maximum atomic E-state index is 13.4. The minimum Gasteiger partial charge on any atom is -0.381 e. The van der Waals surface area contributed by atoms with Crippen molar-refractivity contribution in [2.45, 2.75) is 38.8 Å². The van der Waals surface area contributed by atoms with Crippen LogP contribution in [0.4, 0.5) is 5.69 Å². The zero-order chi connectivity index (χ0) is 23.4. The molecular formula is C26H33N5O2. The summed E-state index contributed by atoms with van der Waals surface area (Å²) in [6, 6.07) is 2.03. The average Bonchev–Trinajstić information content (AvgIpc) is 2.91. The fourth-order valence-electron chi connectivity index (χ4n) is 4.44. The fraction of sp³-hybridized carbons (Fsp3) is 0.423. The predicted molar refractivity (Wildman–Crippen MR) is 134 cm³/mol. The second-order valence-electron chi connectivity index (χ2n) is 8.92. The van der Waals surface area contributed by atoms with E-state index >= 15 is 0 Å². The van der Waals surface area contributed by atoms with Crippen molar-refractivity contribution in [3.8, 4) is 0 Å². The quantitative estimate of drug-likeness (QED) is 0.778. The Kier molecular flexibility index (Phi) is 7.08. The van der Waals surface area contributed by atoms with Crippen molar-refractivity contribution >= 4 is 22.6 Å². The van der Waals surface area contributed by atoms with Crippen molar-refractivity contribution < 1.29 is 4.79 Å². The molecule has 1 amide bonds. The summed E-state index contributed by atoms with van der Waals surface area (Å²) in [5.41, 5.74) is 2.42. The maximum Gasteiger partial charge on any atom is 0.259 e. The minimum absolute atomic E-state index is 0.188. The Morgan fingerprint density at radius 2 is 2.03 bits per heavy atom. The van der Waals surface area contributed by atoms with Crippen molar-refractivity contribution in [1.82, 2.24) is 19.4 Å². The Labute approximate surface area is 195 Å². The van der Waals surface area contributed by atoms with E-state index in [0.717, 1.165) is 43.6 Å². The SMILES string of the molecule is C=C1/C=C\C=C/CCC(Nc2cnc3c(c2)c(=O)c(C(=O)N2CCN(C)CC2)cn3CC)C1. The van der Waals surface area contributed by atoms with Gasteiger partial charge in [-0.2, -0.15) is 0 Å². The van der Waals surface area contributed by atoms with E-state index in [1.165, 1.54) is 0 Å². The van der Waals surface area contributed by atoms with Crippen LogP contribution in [0, 0.1) is 0 Å². The zero-order valence-corrected chi connectivity index (χ0v) is 19.6. The number of carbonyl (C=O) groups is 1. The molecule has 1 fully saturated rings. The van der Waals surface area contributed by atoms with Crippen LogP contribution in [-0.4, -0.2) is 64.5 Å². The van der Waals surface area contributed by atoms with E-state index < -0.39 is 0 Å². The summed E-state index contributed by atoms with van der Waals surface area (Å²) in [5, 5.41) is 4.02. The Morgan fingerprint density at radius 3 is 2.79 bits per heavy atom. The molecule has 4 rings (SSSR count). The molecule has 0 bridgehead atoms. The number of carbonyl (C=O) groups excluding carboxylic acids is 1. The lowest BCUT2D eigenvalue weighted by atomic mass is 10.0. The molecule has 0 aromatic carbocycles. The number of rotatable bonds is 4. The third-order valence-electron chi connectivity index (χ3n) is 6.41. The maximum absolute atomic E-state index is 13.4. The van der Waals surface area contributed by atoms with E-state index in [-0.39, 0.29) is 22.9 Å². The Hall–Kier alpha value is -3.19. The molecule has 1 atom stereocenters. The van der Waals surface area contributed by atoms with E-state index in [4.69, 9.17) is 0 Å². The molecule has 174 valence electrons.